The van der Waals surface area contributed by atoms with Crippen LogP contribution in [0.5, 0.6) is 11.5 Å². The summed E-state index contributed by atoms with van der Waals surface area (Å²) in [5.41, 5.74) is 1.82. The van der Waals surface area contributed by atoms with E-state index in [4.69, 9.17) is 21.1 Å². The van der Waals surface area contributed by atoms with Crippen LogP contribution >= 0.6 is 11.6 Å². The quantitative estimate of drug-likeness (QED) is 0.530. The molecule has 9 heteroatoms. The van der Waals surface area contributed by atoms with Crippen LogP contribution in [0.2, 0.25) is 5.02 Å². The van der Waals surface area contributed by atoms with E-state index in [0.717, 1.165) is 0 Å². The maximum atomic E-state index is 14.3. The molecule has 2 heterocycles. The van der Waals surface area contributed by atoms with Crippen molar-refractivity contribution in [3.63, 3.8) is 0 Å². The van der Waals surface area contributed by atoms with Gasteiger partial charge in [-0.05, 0) is 49.7 Å². The van der Waals surface area contributed by atoms with Gasteiger partial charge in [-0.2, -0.15) is 0 Å². The van der Waals surface area contributed by atoms with Crippen molar-refractivity contribution in [1.29, 1.82) is 0 Å². The van der Waals surface area contributed by atoms with E-state index in [-0.39, 0.29) is 18.5 Å². The summed E-state index contributed by atoms with van der Waals surface area (Å²) >= 11 is 6.40. The van der Waals surface area contributed by atoms with E-state index in [1.807, 2.05) is 4.90 Å². The largest absolute Gasteiger partial charge is 0.489 e. The molecule has 0 atom stereocenters. The highest BCUT2D eigenvalue weighted by molar-refractivity contribution is 6.33. The Morgan fingerprint density at radius 1 is 1.33 bits per heavy atom. The van der Waals surface area contributed by atoms with Gasteiger partial charge in [-0.15, -0.1) is 0 Å². The number of aliphatic hydroxyl groups is 1. The van der Waals surface area contributed by atoms with Crippen molar-refractivity contribution in [2.24, 2.45) is 0 Å². The lowest BCUT2D eigenvalue weighted by Gasteiger charge is -2.32. The molecule has 0 fully saturated rings. The molecule has 33 heavy (non-hydrogen) atoms. The smallest absolute Gasteiger partial charge is 0.259 e. The van der Waals surface area contributed by atoms with E-state index in [1.165, 1.54) is 12.1 Å². The zero-order chi connectivity index (χ0) is 23.5. The summed E-state index contributed by atoms with van der Waals surface area (Å²) in [5.74, 6) is -0.00796. The van der Waals surface area contributed by atoms with Crippen LogP contribution < -0.4 is 19.7 Å². The minimum Gasteiger partial charge on any atom is -0.489 e. The number of halogens is 2. The highest BCUT2D eigenvalue weighted by atomic mass is 35.5. The number of fused-ring (bicyclic) bond motifs is 1. The predicted molar refractivity (Wildman–Crippen MR) is 124 cm³/mol. The maximum Gasteiger partial charge on any atom is 0.259 e. The molecule has 0 saturated carbocycles. The monoisotopic (exact) mass is 471 g/mol. The van der Waals surface area contributed by atoms with Crippen LogP contribution in [0.25, 0.3) is 0 Å². The highest BCUT2D eigenvalue weighted by Gasteiger charge is 2.27. The molecule has 0 saturated heterocycles. The molecule has 0 unspecified atom stereocenters. The second-order valence-electron chi connectivity index (χ2n) is 7.73. The molecule has 0 spiro atoms. The Morgan fingerprint density at radius 2 is 2.15 bits per heavy atom. The van der Waals surface area contributed by atoms with Crippen molar-refractivity contribution >= 4 is 34.7 Å². The van der Waals surface area contributed by atoms with Crippen molar-refractivity contribution in [3.05, 3.63) is 70.6 Å². The molecule has 172 valence electrons. The van der Waals surface area contributed by atoms with Gasteiger partial charge < -0.3 is 24.8 Å². The number of nitrogens with zero attached hydrogens (tertiary/aromatic N) is 2. The minimum absolute atomic E-state index is 0.121. The van der Waals surface area contributed by atoms with Crippen LogP contribution in [0, 0.1) is 5.82 Å². The summed E-state index contributed by atoms with van der Waals surface area (Å²) < 4.78 is 25.6. The number of carbonyl (C=O) groups excluding carboxylic acids is 1. The van der Waals surface area contributed by atoms with E-state index in [2.05, 4.69) is 10.3 Å². The minimum atomic E-state index is -0.564. The van der Waals surface area contributed by atoms with Crippen LogP contribution in [0.1, 0.15) is 29.8 Å². The van der Waals surface area contributed by atoms with Gasteiger partial charge in [0.25, 0.3) is 5.91 Å². The van der Waals surface area contributed by atoms with Crippen molar-refractivity contribution in [2.45, 2.75) is 26.6 Å². The normalized spacial score (nSPS) is 12.8. The van der Waals surface area contributed by atoms with E-state index in [9.17, 15) is 14.3 Å². The molecule has 3 aromatic rings. The Balaban J connectivity index is 1.61. The average molecular weight is 472 g/mol. The van der Waals surface area contributed by atoms with Crippen LogP contribution in [0.4, 0.5) is 21.6 Å². The second kappa shape index (κ2) is 9.64. The standard InChI is InChI=1S/C24H23ClFN3O4/c1-14(2)33-21-7-6-16(11-19(21)26)28-24(31)17-4-3-5-20-22(17)32-9-8-29(20)23-18(25)10-15(13-30)12-27-23/h3-7,10-12,14,30H,8-9,13H2,1-2H3,(H,28,31). The van der Waals surface area contributed by atoms with Gasteiger partial charge in [0.15, 0.2) is 23.1 Å². The summed E-state index contributed by atoms with van der Waals surface area (Å²) in [6.45, 7) is 4.24. The van der Waals surface area contributed by atoms with Gasteiger partial charge in [0.05, 0.1) is 35.5 Å². The van der Waals surface area contributed by atoms with Gasteiger partial charge in [-0.25, -0.2) is 9.37 Å². The van der Waals surface area contributed by atoms with Gasteiger partial charge in [0.1, 0.15) is 6.61 Å². The lowest BCUT2D eigenvalue weighted by molar-refractivity contribution is 0.102. The first-order chi connectivity index (χ1) is 15.9. The summed E-state index contributed by atoms with van der Waals surface area (Å²) in [4.78, 5) is 19.3. The van der Waals surface area contributed by atoms with Crippen LogP contribution in [0.15, 0.2) is 48.7 Å². The number of rotatable bonds is 6. The lowest BCUT2D eigenvalue weighted by Crippen LogP contribution is -2.31. The van der Waals surface area contributed by atoms with Gasteiger partial charge >= 0.3 is 0 Å². The van der Waals surface area contributed by atoms with Crippen molar-refractivity contribution in [1.82, 2.24) is 4.98 Å². The Bertz CT molecular complexity index is 1190. The molecular formula is C24H23ClFN3O4. The molecule has 0 radical (unpaired) electrons. The summed E-state index contributed by atoms with van der Waals surface area (Å²) in [6.07, 6.45) is 1.38. The Kier molecular flexibility index (Phi) is 6.67. The molecule has 2 aromatic carbocycles. The first-order valence-electron chi connectivity index (χ1n) is 10.4. The molecule has 1 aliphatic rings. The maximum absolute atomic E-state index is 14.3. The molecule has 0 aliphatic carbocycles. The number of nitrogens with one attached hydrogen (secondary N) is 1. The lowest BCUT2D eigenvalue weighted by atomic mass is 10.1. The summed E-state index contributed by atoms with van der Waals surface area (Å²) in [5, 5.41) is 12.4. The number of amides is 1. The van der Waals surface area contributed by atoms with E-state index in [1.54, 1.807) is 50.4 Å². The Hall–Kier alpha value is -3.36. The number of ether oxygens (including phenoxy) is 2. The van der Waals surface area contributed by atoms with Crippen molar-refractivity contribution < 1.29 is 23.8 Å². The molecule has 1 aliphatic heterocycles. The topological polar surface area (TPSA) is 83.9 Å². The number of carbonyl (C=O) groups is 1. The van der Waals surface area contributed by atoms with Gasteiger partial charge in [0.2, 0.25) is 0 Å². The number of anilines is 3. The van der Waals surface area contributed by atoms with E-state index in [0.29, 0.717) is 52.2 Å². The Labute approximate surface area is 195 Å². The zero-order valence-corrected chi connectivity index (χ0v) is 18.9. The third-order valence-electron chi connectivity index (χ3n) is 4.96. The van der Waals surface area contributed by atoms with Crippen LogP contribution in [-0.4, -0.2) is 35.3 Å². The zero-order valence-electron chi connectivity index (χ0n) is 18.1. The average Bonchev–Trinajstić information content (AvgIpc) is 2.79. The SMILES string of the molecule is CC(C)Oc1ccc(NC(=O)c2cccc3c2OCCN3c2ncc(CO)cc2Cl)cc1F. The molecule has 0 bridgehead atoms. The number of hydrogen-bond donors (Lipinski definition) is 2. The summed E-state index contributed by atoms with van der Waals surface area (Å²) in [7, 11) is 0. The van der Waals surface area contributed by atoms with Gasteiger partial charge in [-0.1, -0.05) is 17.7 Å². The van der Waals surface area contributed by atoms with Crippen molar-refractivity contribution in [3.8, 4) is 11.5 Å². The molecule has 2 N–H and O–H groups in total. The predicted octanol–water partition coefficient (Wildman–Crippen LogP) is 4.94. The Morgan fingerprint density at radius 3 is 2.85 bits per heavy atom. The number of para-hydroxylation sites is 1. The first-order valence-corrected chi connectivity index (χ1v) is 10.8. The van der Waals surface area contributed by atoms with E-state index < -0.39 is 11.7 Å². The molecule has 4 rings (SSSR count). The van der Waals surface area contributed by atoms with Gasteiger partial charge in [-0.3, -0.25) is 4.79 Å². The number of aromatic nitrogens is 1. The molecule has 1 aromatic heterocycles. The van der Waals surface area contributed by atoms with Gasteiger partial charge in [0, 0.05) is 18.0 Å². The van der Waals surface area contributed by atoms with Crippen LogP contribution in [-0.2, 0) is 6.61 Å². The number of benzene rings is 2. The van der Waals surface area contributed by atoms with E-state index >= 15 is 0 Å². The summed E-state index contributed by atoms with van der Waals surface area (Å²) in [6, 6.07) is 11.1. The second-order valence-corrected chi connectivity index (χ2v) is 8.13. The fraction of sp³-hybridized carbons (Fsp3) is 0.250. The molecular weight excluding hydrogens is 449 g/mol. The first kappa shape index (κ1) is 22.8. The third kappa shape index (κ3) is 4.86. The number of pyridine rings is 1. The fourth-order valence-electron chi connectivity index (χ4n) is 3.53. The van der Waals surface area contributed by atoms with Crippen LogP contribution in [0.3, 0.4) is 0 Å². The van der Waals surface area contributed by atoms with Crippen molar-refractivity contribution in [2.75, 3.05) is 23.4 Å². The fourth-order valence-corrected chi connectivity index (χ4v) is 3.82. The molecule has 1 amide bonds. The third-order valence-corrected chi connectivity index (χ3v) is 5.24. The number of hydrogen-bond acceptors (Lipinski definition) is 6. The highest BCUT2D eigenvalue weighted by Crippen LogP contribution is 2.41. The molecule has 7 nitrogen and oxygen atoms in total. The number of aliphatic hydroxyl groups excluding tert-OH is 1.